The van der Waals surface area contributed by atoms with E-state index in [1.54, 1.807) is 7.05 Å². The van der Waals surface area contributed by atoms with Crippen molar-refractivity contribution in [3.8, 4) is 0 Å². The summed E-state index contributed by atoms with van der Waals surface area (Å²) < 4.78 is 4.95. The van der Waals surface area contributed by atoms with Gasteiger partial charge in [0.2, 0.25) is 5.76 Å². The quantitative estimate of drug-likeness (QED) is 0.634. The predicted molar refractivity (Wildman–Crippen MR) is 39.4 cm³/mol. The van der Waals surface area contributed by atoms with Crippen molar-refractivity contribution < 1.29 is 9.21 Å². The smallest absolute Gasteiger partial charge is 0.294 e. The van der Waals surface area contributed by atoms with E-state index in [-0.39, 0.29) is 11.7 Å². The molecular formula is C6H9N3O2. The van der Waals surface area contributed by atoms with Crippen LogP contribution in [0.25, 0.3) is 0 Å². The summed E-state index contributed by atoms with van der Waals surface area (Å²) in [5.41, 5.74) is 0. The van der Waals surface area contributed by atoms with Crippen LogP contribution in [0.3, 0.4) is 0 Å². The van der Waals surface area contributed by atoms with Crippen molar-refractivity contribution in [2.24, 2.45) is 0 Å². The first kappa shape index (κ1) is 7.59. The fourth-order valence-electron chi connectivity index (χ4n) is 0.618. The summed E-state index contributed by atoms with van der Waals surface area (Å²) in [5.74, 6) is -0.0733. The van der Waals surface area contributed by atoms with E-state index in [2.05, 4.69) is 15.6 Å². The van der Waals surface area contributed by atoms with Crippen LogP contribution in [0.15, 0.2) is 10.6 Å². The number of amides is 1. The van der Waals surface area contributed by atoms with Gasteiger partial charge in [0.25, 0.3) is 11.9 Å². The first-order valence-electron chi connectivity index (χ1n) is 3.13. The predicted octanol–water partition coefficient (Wildman–Crippen LogP) is 0.0759. The number of oxazole rings is 1. The minimum Gasteiger partial charge on any atom is -0.418 e. The van der Waals surface area contributed by atoms with E-state index < -0.39 is 0 Å². The first-order chi connectivity index (χ1) is 5.27. The van der Waals surface area contributed by atoms with Gasteiger partial charge in [-0.25, -0.2) is 4.98 Å². The molecular weight excluding hydrogens is 146 g/mol. The molecule has 0 aliphatic heterocycles. The highest BCUT2D eigenvalue weighted by Gasteiger charge is 2.08. The molecule has 0 radical (unpaired) electrons. The molecule has 2 N–H and O–H groups in total. The summed E-state index contributed by atoms with van der Waals surface area (Å²) in [5, 5.41) is 5.09. The largest absolute Gasteiger partial charge is 0.418 e. The first-order valence-corrected chi connectivity index (χ1v) is 3.13. The van der Waals surface area contributed by atoms with Crippen molar-refractivity contribution in [3.63, 3.8) is 0 Å². The molecule has 0 atom stereocenters. The van der Waals surface area contributed by atoms with Crippen LogP contribution < -0.4 is 10.6 Å². The summed E-state index contributed by atoms with van der Waals surface area (Å²) in [6.45, 7) is 0. The van der Waals surface area contributed by atoms with Gasteiger partial charge in [0, 0.05) is 14.1 Å². The molecule has 11 heavy (non-hydrogen) atoms. The number of hydrogen-bond donors (Lipinski definition) is 2. The summed E-state index contributed by atoms with van der Waals surface area (Å²) in [4.78, 5) is 14.6. The molecule has 5 nitrogen and oxygen atoms in total. The molecule has 1 amide bonds. The molecule has 1 aromatic rings. The number of aromatic nitrogens is 1. The number of rotatable bonds is 2. The lowest BCUT2D eigenvalue weighted by atomic mass is 10.5. The Bertz CT molecular complexity index is 256. The van der Waals surface area contributed by atoms with Gasteiger partial charge in [-0.1, -0.05) is 0 Å². The summed E-state index contributed by atoms with van der Waals surface area (Å²) in [6.07, 6.45) is 1.37. The molecule has 0 bridgehead atoms. The van der Waals surface area contributed by atoms with Gasteiger partial charge >= 0.3 is 0 Å². The van der Waals surface area contributed by atoms with Gasteiger partial charge < -0.3 is 15.1 Å². The van der Waals surface area contributed by atoms with Crippen molar-refractivity contribution in [2.45, 2.75) is 0 Å². The Labute approximate surface area is 63.8 Å². The Kier molecular flexibility index (Phi) is 2.10. The van der Waals surface area contributed by atoms with Crippen LogP contribution in [0.2, 0.25) is 0 Å². The third-order valence-electron chi connectivity index (χ3n) is 1.17. The van der Waals surface area contributed by atoms with Crippen LogP contribution in [-0.4, -0.2) is 25.0 Å². The van der Waals surface area contributed by atoms with Crippen LogP contribution in [-0.2, 0) is 0 Å². The van der Waals surface area contributed by atoms with Gasteiger partial charge in [0.15, 0.2) is 0 Å². The number of hydrogen-bond acceptors (Lipinski definition) is 4. The molecule has 5 heteroatoms. The minimum atomic E-state index is -0.279. The SMILES string of the molecule is CNC(=O)c1cnc(NC)o1. The minimum absolute atomic E-state index is 0.205. The van der Waals surface area contributed by atoms with Crippen molar-refractivity contribution >= 4 is 11.9 Å². The lowest BCUT2D eigenvalue weighted by Crippen LogP contribution is -2.16. The van der Waals surface area contributed by atoms with E-state index in [4.69, 9.17) is 4.42 Å². The number of anilines is 1. The van der Waals surface area contributed by atoms with E-state index in [0.29, 0.717) is 6.01 Å². The van der Waals surface area contributed by atoms with Crippen LogP contribution in [0.1, 0.15) is 10.6 Å². The molecule has 0 saturated heterocycles. The van der Waals surface area contributed by atoms with E-state index in [1.807, 2.05) is 0 Å². The van der Waals surface area contributed by atoms with Crippen LogP contribution >= 0.6 is 0 Å². The summed E-state index contributed by atoms with van der Waals surface area (Å²) in [7, 11) is 3.20. The zero-order chi connectivity index (χ0) is 8.27. The molecule has 0 aromatic carbocycles. The molecule has 1 heterocycles. The normalized spacial score (nSPS) is 9.27. The second kappa shape index (κ2) is 3.05. The van der Waals surface area contributed by atoms with Gasteiger partial charge in [-0.05, 0) is 0 Å². The van der Waals surface area contributed by atoms with Crippen molar-refractivity contribution in [2.75, 3.05) is 19.4 Å². The highest BCUT2D eigenvalue weighted by molar-refractivity contribution is 5.91. The Balaban J connectivity index is 2.80. The molecule has 0 aliphatic carbocycles. The number of nitrogens with one attached hydrogen (secondary N) is 2. The Morgan fingerprint density at radius 1 is 1.64 bits per heavy atom. The zero-order valence-corrected chi connectivity index (χ0v) is 6.34. The molecule has 0 unspecified atom stereocenters. The number of nitrogens with zero attached hydrogens (tertiary/aromatic N) is 1. The fourth-order valence-corrected chi connectivity index (χ4v) is 0.618. The van der Waals surface area contributed by atoms with Crippen molar-refractivity contribution in [1.29, 1.82) is 0 Å². The Morgan fingerprint density at radius 2 is 2.36 bits per heavy atom. The average molecular weight is 155 g/mol. The molecule has 60 valence electrons. The third kappa shape index (κ3) is 1.49. The van der Waals surface area contributed by atoms with Crippen molar-refractivity contribution in [3.05, 3.63) is 12.0 Å². The lowest BCUT2D eigenvalue weighted by Gasteiger charge is -1.91. The van der Waals surface area contributed by atoms with E-state index in [9.17, 15) is 4.79 Å². The maximum absolute atomic E-state index is 10.9. The monoisotopic (exact) mass is 155 g/mol. The Hall–Kier alpha value is -1.52. The van der Waals surface area contributed by atoms with E-state index in [1.165, 1.54) is 13.2 Å². The van der Waals surface area contributed by atoms with Gasteiger partial charge in [-0.2, -0.15) is 0 Å². The topological polar surface area (TPSA) is 67.2 Å². The molecule has 0 spiro atoms. The molecule has 0 saturated carbocycles. The highest BCUT2D eigenvalue weighted by atomic mass is 16.4. The summed E-state index contributed by atoms with van der Waals surface area (Å²) >= 11 is 0. The second-order valence-corrected chi connectivity index (χ2v) is 1.86. The molecule has 1 aromatic heterocycles. The fraction of sp³-hybridized carbons (Fsp3) is 0.333. The van der Waals surface area contributed by atoms with Gasteiger partial charge in [0.1, 0.15) is 0 Å². The zero-order valence-electron chi connectivity index (χ0n) is 6.34. The van der Waals surface area contributed by atoms with Crippen molar-refractivity contribution in [1.82, 2.24) is 10.3 Å². The summed E-state index contributed by atoms with van der Waals surface area (Å²) in [6, 6.07) is 0.337. The van der Waals surface area contributed by atoms with E-state index >= 15 is 0 Å². The van der Waals surface area contributed by atoms with E-state index in [0.717, 1.165) is 0 Å². The van der Waals surface area contributed by atoms with Crippen LogP contribution in [0.4, 0.5) is 6.01 Å². The van der Waals surface area contributed by atoms with Crippen LogP contribution in [0.5, 0.6) is 0 Å². The van der Waals surface area contributed by atoms with Gasteiger partial charge in [-0.3, -0.25) is 4.79 Å². The molecule has 1 rings (SSSR count). The maximum atomic E-state index is 10.9. The second-order valence-electron chi connectivity index (χ2n) is 1.86. The van der Waals surface area contributed by atoms with Gasteiger partial charge in [0.05, 0.1) is 6.20 Å². The molecule has 0 aliphatic rings. The highest BCUT2D eigenvalue weighted by Crippen LogP contribution is 2.06. The van der Waals surface area contributed by atoms with Crippen LogP contribution in [0, 0.1) is 0 Å². The number of carbonyl (C=O) groups excluding carboxylic acids is 1. The third-order valence-corrected chi connectivity index (χ3v) is 1.17. The maximum Gasteiger partial charge on any atom is 0.294 e. The van der Waals surface area contributed by atoms with Gasteiger partial charge in [-0.15, -0.1) is 0 Å². The molecule has 0 fully saturated rings. The standard InChI is InChI=1S/C6H9N3O2/c1-7-5(10)4-3-9-6(8-2)11-4/h3H,1-2H3,(H,7,10)(H,8,9). The number of carbonyl (C=O) groups is 1. The average Bonchev–Trinajstić information content (AvgIpc) is 2.50. The Morgan fingerprint density at radius 3 is 2.82 bits per heavy atom. The lowest BCUT2D eigenvalue weighted by molar-refractivity contribution is 0.0936.